The van der Waals surface area contributed by atoms with Gasteiger partial charge in [0.15, 0.2) is 0 Å². The number of hydrogen-bond donors (Lipinski definition) is 1. The van der Waals surface area contributed by atoms with Crippen molar-refractivity contribution < 1.29 is 0 Å². The Hall–Kier alpha value is -1.58. The first-order valence-electron chi connectivity index (χ1n) is 9.23. The molecule has 1 aliphatic heterocycles. The maximum Gasteiger partial charge on any atom is 0.0392 e. The molecule has 0 saturated carbocycles. The van der Waals surface area contributed by atoms with Gasteiger partial charge in [-0.1, -0.05) is 54.1 Å². The van der Waals surface area contributed by atoms with Crippen molar-refractivity contribution >= 4 is 46.4 Å². The van der Waals surface area contributed by atoms with Gasteiger partial charge in [0.2, 0.25) is 0 Å². The van der Waals surface area contributed by atoms with Gasteiger partial charge in [0, 0.05) is 32.2 Å². The van der Waals surface area contributed by atoms with E-state index < -0.39 is 0 Å². The average Bonchev–Trinajstić information content (AvgIpc) is 2.66. The number of benzene rings is 3. The number of rotatable bonds is 4. The predicted octanol–water partition coefficient (Wildman–Crippen LogP) is 5.75. The molecule has 0 unspecified atom stereocenters. The lowest BCUT2D eigenvalue weighted by molar-refractivity contribution is 0.173. The lowest BCUT2D eigenvalue weighted by Crippen LogP contribution is -2.45. The smallest absolute Gasteiger partial charge is 0.0392 e. The van der Waals surface area contributed by atoms with Crippen LogP contribution in [0.4, 0.5) is 0 Å². The lowest BCUT2D eigenvalue weighted by atomic mass is 9.90. The van der Waals surface area contributed by atoms with E-state index in [9.17, 15) is 0 Å². The highest BCUT2D eigenvalue weighted by atomic mass is 35.5. The monoisotopic (exact) mass is 402 g/mol. The Balaban J connectivity index is 0.00000131. The van der Waals surface area contributed by atoms with Crippen LogP contribution in [0.2, 0.25) is 0 Å². The molecule has 144 valence electrons. The zero-order valence-corrected chi connectivity index (χ0v) is 17.4. The van der Waals surface area contributed by atoms with E-state index in [1.165, 1.54) is 32.7 Å². The molecule has 4 heteroatoms. The second-order valence-electron chi connectivity index (χ2n) is 7.20. The van der Waals surface area contributed by atoms with Gasteiger partial charge in [-0.25, -0.2) is 0 Å². The standard InChI is InChI=1S/C23H26N2.2ClH/c1-17(2)15-23(25-13-11-24-12-14-25)22-16-18-7-3-4-8-19(18)20-9-5-6-10-21(20)22;;/h3-10,16,23-24H,1,11-15H2,2H3;2*1H/t23-;;/m0../s1. The van der Waals surface area contributed by atoms with E-state index in [4.69, 9.17) is 0 Å². The Labute approximate surface area is 174 Å². The number of nitrogens with zero attached hydrogens (tertiary/aromatic N) is 1. The summed E-state index contributed by atoms with van der Waals surface area (Å²) < 4.78 is 0. The van der Waals surface area contributed by atoms with Crippen molar-refractivity contribution in [3.63, 3.8) is 0 Å². The summed E-state index contributed by atoms with van der Waals surface area (Å²) in [5.41, 5.74) is 2.69. The fourth-order valence-corrected chi connectivity index (χ4v) is 4.12. The van der Waals surface area contributed by atoms with E-state index >= 15 is 0 Å². The van der Waals surface area contributed by atoms with Crippen molar-refractivity contribution in [2.45, 2.75) is 19.4 Å². The van der Waals surface area contributed by atoms with E-state index in [0.29, 0.717) is 6.04 Å². The van der Waals surface area contributed by atoms with Crippen molar-refractivity contribution in [2.75, 3.05) is 26.2 Å². The molecule has 3 aromatic carbocycles. The minimum absolute atomic E-state index is 0. The SMILES string of the molecule is C=C(C)C[C@@H](c1cc2ccccc2c2ccccc12)N1CCNCC1.Cl.Cl. The predicted molar refractivity (Wildman–Crippen MR) is 123 cm³/mol. The topological polar surface area (TPSA) is 15.3 Å². The molecule has 1 heterocycles. The molecule has 0 radical (unpaired) electrons. The van der Waals surface area contributed by atoms with Crippen molar-refractivity contribution in [3.05, 3.63) is 72.3 Å². The van der Waals surface area contributed by atoms with Crippen LogP contribution in [0.25, 0.3) is 21.5 Å². The number of hydrogen-bond acceptors (Lipinski definition) is 2. The van der Waals surface area contributed by atoms with E-state index in [0.717, 1.165) is 32.6 Å². The average molecular weight is 403 g/mol. The molecule has 0 amide bonds. The van der Waals surface area contributed by atoms with Crippen LogP contribution in [-0.2, 0) is 0 Å². The van der Waals surface area contributed by atoms with Crippen LogP contribution in [0.1, 0.15) is 24.9 Å². The lowest BCUT2D eigenvalue weighted by Gasteiger charge is -2.36. The maximum atomic E-state index is 4.22. The van der Waals surface area contributed by atoms with Gasteiger partial charge in [-0.3, -0.25) is 4.90 Å². The first kappa shape index (κ1) is 21.7. The highest BCUT2D eigenvalue weighted by Crippen LogP contribution is 2.36. The second-order valence-corrected chi connectivity index (χ2v) is 7.20. The molecule has 1 fully saturated rings. The molecule has 0 bridgehead atoms. The molecule has 1 saturated heterocycles. The number of piperazine rings is 1. The van der Waals surface area contributed by atoms with Gasteiger partial charge in [0.25, 0.3) is 0 Å². The first-order chi connectivity index (χ1) is 12.2. The molecule has 27 heavy (non-hydrogen) atoms. The van der Waals surface area contributed by atoms with Crippen molar-refractivity contribution in [1.29, 1.82) is 0 Å². The highest BCUT2D eigenvalue weighted by molar-refractivity contribution is 6.09. The van der Waals surface area contributed by atoms with Gasteiger partial charge in [0.1, 0.15) is 0 Å². The summed E-state index contributed by atoms with van der Waals surface area (Å²) in [5, 5.41) is 8.89. The van der Waals surface area contributed by atoms with Gasteiger partial charge >= 0.3 is 0 Å². The largest absolute Gasteiger partial charge is 0.314 e. The Morgan fingerprint density at radius 1 is 0.963 bits per heavy atom. The molecule has 1 aliphatic rings. The van der Waals surface area contributed by atoms with Gasteiger partial charge < -0.3 is 5.32 Å². The molecule has 0 spiro atoms. The van der Waals surface area contributed by atoms with Crippen LogP contribution in [0, 0.1) is 0 Å². The Morgan fingerprint density at radius 3 is 2.22 bits per heavy atom. The van der Waals surface area contributed by atoms with Crippen molar-refractivity contribution in [3.8, 4) is 0 Å². The van der Waals surface area contributed by atoms with Gasteiger partial charge in [-0.05, 0) is 46.5 Å². The molecule has 4 rings (SSSR count). The first-order valence-corrected chi connectivity index (χ1v) is 9.23. The van der Waals surface area contributed by atoms with Crippen LogP contribution < -0.4 is 5.32 Å². The summed E-state index contributed by atoms with van der Waals surface area (Å²) in [7, 11) is 0. The fourth-order valence-electron chi connectivity index (χ4n) is 4.12. The third kappa shape index (κ3) is 4.47. The van der Waals surface area contributed by atoms with Gasteiger partial charge in [-0.15, -0.1) is 31.4 Å². The summed E-state index contributed by atoms with van der Waals surface area (Å²) in [6.07, 6.45) is 1.02. The van der Waals surface area contributed by atoms with Crippen molar-refractivity contribution in [2.24, 2.45) is 0 Å². The van der Waals surface area contributed by atoms with Crippen LogP contribution in [0.15, 0.2) is 66.7 Å². The molecule has 3 aromatic rings. The van der Waals surface area contributed by atoms with Crippen molar-refractivity contribution in [1.82, 2.24) is 10.2 Å². The third-order valence-electron chi connectivity index (χ3n) is 5.29. The quantitative estimate of drug-likeness (QED) is 0.441. The Morgan fingerprint density at radius 2 is 1.56 bits per heavy atom. The highest BCUT2D eigenvalue weighted by Gasteiger charge is 2.24. The van der Waals surface area contributed by atoms with E-state index in [1.54, 1.807) is 0 Å². The van der Waals surface area contributed by atoms with E-state index in [-0.39, 0.29) is 24.8 Å². The number of halogens is 2. The zero-order valence-electron chi connectivity index (χ0n) is 15.8. The van der Waals surface area contributed by atoms with Gasteiger partial charge in [-0.2, -0.15) is 0 Å². The summed E-state index contributed by atoms with van der Waals surface area (Å²) in [4.78, 5) is 2.63. The minimum atomic E-state index is 0. The van der Waals surface area contributed by atoms with E-state index in [2.05, 4.69) is 78.3 Å². The summed E-state index contributed by atoms with van der Waals surface area (Å²) in [6, 6.07) is 20.4. The zero-order chi connectivity index (χ0) is 17.2. The maximum absolute atomic E-state index is 4.22. The normalized spacial score (nSPS) is 15.7. The summed E-state index contributed by atoms with van der Waals surface area (Å²) >= 11 is 0. The molecule has 1 atom stereocenters. The summed E-state index contributed by atoms with van der Waals surface area (Å²) in [5.74, 6) is 0. The van der Waals surface area contributed by atoms with Crippen LogP contribution in [0.3, 0.4) is 0 Å². The molecule has 0 aliphatic carbocycles. The Kier molecular flexibility index (Phi) is 7.69. The Bertz CT molecular complexity index is 917. The second kappa shape index (κ2) is 9.57. The molecule has 0 aromatic heterocycles. The molecular weight excluding hydrogens is 375 g/mol. The minimum Gasteiger partial charge on any atom is -0.314 e. The fraction of sp³-hybridized carbons (Fsp3) is 0.304. The summed E-state index contributed by atoms with van der Waals surface area (Å²) in [6.45, 7) is 10.7. The van der Waals surface area contributed by atoms with Crippen LogP contribution in [0.5, 0.6) is 0 Å². The third-order valence-corrected chi connectivity index (χ3v) is 5.29. The molecule has 1 N–H and O–H groups in total. The van der Waals surface area contributed by atoms with E-state index in [1.807, 2.05) is 0 Å². The number of fused-ring (bicyclic) bond motifs is 3. The number of nitrogens with one attached hydrogen (secondary N) is 1. The molecule has 2 nitrogen and oxygen atoms in total. The van der Waals surface area contributed by atoms with Crippen LogP contribution in [-0.4, -0.2) is 31.1 Å². The van der Waals surface area contributed by atoms with Gasteiger partial charge in [0.05, 0.1) is 0 Å². The van der Waals surface area contributed by atoms with Crippen LogP contribution >= 0.6 is 24.8 Å². The molecular formula is C23H28Cl2N2.